The van der Waals surface area contributed by atoms with E-state index in [0.29, 0.717) is 5.25 Å². The van der Waals surface area contributed by atoms with E-state index in [0.717, 1.165) is 30.2 Å². The first-order valence-electron chi connectivity index (χ1n) is 7.10. The maximum Gasteiger partial charge on any atom is 0.227 e. The smallest absolute Gasteiger partial charge is 0.227 e. The van der Waals surface area contributed by atoms with Crippen molar-refractivity contribution in [3.63, 3.8) is 0 Å². The molecule has 0 radical (unpaired) electrons. The zero-order chi connectivity index (χ0) is 13.8. The summed E-state index contributed by atoms with van der Waals surface area (Å²) in [6, 6.07) is 7.94. The zero-order valence-electron chi connectivity index (χ0n) is 11.4. The topological polar surface area (TPSA) is 64.9 Å². The molecule has 2 aromatic rings. The third-order valence-electron chi connectivity index (χ3n) is 3.56. The van der Waals surface area contributed by atoms with Crippen molar-refractivity contribution in [2.45, 2.75) is 37.4 Å². The van der Waals surface area contributed by atoms with Gasteiger partial charge in [-0.15, -0.1) is 0 Å². The van der Waals surface area contributed by atoms with Gasteiger partial charge in [-0.25, -0.2) is 0 Å². The first-order chi connectivity index (χ1) is 9.81. The van der Waals surface area contributed by atoms with Crippen molar-refractivity contribution < 1.29 is 4.52 Å². The Morgan fingerprint density at radius 2 is 2.05 bits per heavy atom. The predicted octanol–water partition coefficient (Wildman–Crippen LogP) is 3.40. The highest BCUT2D eigenvalue weighted by Crippen LogP contribution is 2.36. The van der Waals surface area contributed by atoms with Gasteiger partial charge in [0, 0.05) is 12.1 Å². The molecule has 4 nitrogen and oxygen atoms in total. The lowest BCUT2D eigenvalue weighted by atomic mass is 10.1. The molecule has 0 aliphatic carbocycles. The summed E-state index contributed by atoms with van der Waals surface area (Å²) in [6.07, 6.45) is 5.44. The fraction of sp³-hybridized carbons (Fsp3) is 0.467. The van der Waals surface area contributed by atoms with Gasteiger partial charge in [0.2, 0.25) is 5.89 Å². The lowest BCUT2D eigenvalue weighted by Gasteiger charge is -2.17. The number of thioether (sulfide) groups is 1. The van der Waals surface area contributed by atoms with Gasteiger partial charge in [0.25, 0.3) is 0 Å². The molecule has 0 bridgehead atoms. The Bertz CT molecular complexity index is 547. The molecule has 5 heteroatoms. The fourth-order valence-electron chi connectivity index (χ4n) is 2.38. The number of anilines is 1. The summed E-state index contributed by atoms with van der Waals surface area (Å²) in [5.41, 5.74) is 7.71. The molecule has 0 amide bonds. The van der Waals surface area contributed by atoms with Crippen LogP contribution in [0, 0.1) is 0 Å². The molecular formula is C15H19N3OS. The van der Waals surface area contributed by atoms with E-state index in [2.05, 4.69) is 10.1 Å². The first-order valence-corrected chi connectivity index (χ1v) is 8.14. The number of nitrogens with zero attached hydrogens (tertiary/aromatic N) is 2. The van der Waals surface area contributed by atoms with Gasteiger partial charge in [-0.1, -0.05) is 23.7 Å². The van der Waals surface area contributed by atoms with Gasteiger partial charge in [-0.05, 0) is 42.7 Å². The highest BCUT2D eigenvalue weighted by atomic mass is 32.2. The van der Waals surface area contributed by atoms with Crippen LogP contribution in [0.2, 0.25) is 0 Å². The molecule has 2 N–H and O–H groups in total. The fourth-order valence-corrected chi connectivity index (χ4v) is 3.61. The van der Waals surface area contributed by atoms with Crippen LogP contribution in [-0.2, 0) is 12.8 Å². The Morgan fingerprint density at radius 1 is 1.20 bits per heavy atom. The molecule has 3 rings (SSSR count). The largest absolute Gasteiger partial charge is 0.399 e. The minimum atomic E-state index is 0.428. The third-order valence-corrected chi connectivity index (χ3v) is 4.93. The van der Waals surface area contributed by atoms with Crippen molar-refractivity contribution in [3.8, 4) is 0 Å². The number of hydrogen-bond acceptors (Lipinski definition) is 5. The summed E-state index contributed by atoms with van der Waals surface area (Å²) in [6.45, 7) is 0. The maximum absolute atomic E-state index is 5.68. The second-order valence-electron chi connectivity index (χ2n) is 5.14. The highest BCUT2D eigenvalue weighted by Gasteiger charge is 2.21. The standard InChI is InChI=1S/C15H19N3OS/c16-12-7-4-11(5-8-12)6-9-14-17-15(18-19-14)13-3-1-2-10-20-13/h4-5,7-8,13H,1-3,6,9-10,16H2. The summed E-state index contributed by atoms with van der Waals surface area (Å²) in [4.78, 5) is 4.54. The number of nitrogen functional groups attached to an aromatic ring is 1. The number of hydrogen-bond donors (Lipinski definition) is 1. The van der Waals surface area contributed by atoms with E-state index in [4.69, 9.17) is 10.3 Å². The van der Waals surface area contributed by atoms with Gasteiger partial charge in [0.1, 0.15) is 0 Å². The molecule has 1 unspecified atom stereocenters. The quantitative estimate of drug-likeness (QED) is 0.874. The van der Waals surface area contributed by atoms with Crippen molar-refractivity contribution in [3.05, 3.63) is 41.5 Å². The number of rotatable bonds is 4. The number of nitrogens with two attached hydrogens (primary N) is 1. The normalized spacial score (nSPS) is 19.1. The van der Waals surface area contributed by atoms with Crippen molar-refractivity contribution in [1.29, 1.82) is 0 Å². The Labute approximate surface area is 123 Å². The van der Waals surface area contributed by atoms with E-state index < -0.39 is 0 Å². The zero-order valence-corrected chi connectivity index (χ0v) is 12.2. The van der Waals surface area contributed by atoms with Crippen molar-refractivity contribution >= 4 is 17.4 Å². The van der Waals surface area contributed by atoms with Crippen molar-refractivity contribution in [2.75, 3.05) is 11.5 Å². The van der Waals surface area contributed by atoms with Gasteiger partial charge in [-0.2, -0.15) is 16.7 Å². The van der Waals surface area contributed by atoms with Crippen LogP contribution in [0.3, 0.4) is 0 Å². The maximum atomic E-state index is 5.68. The number of aromatic nitrogens is 2. The Hall–Kier alpha value is -1.49. The van der Waals surface area contributed by atoms with Crippen LogP contribution >= 0.6 is 11.8 Å². The van der Waals surface area contributed by atoms with Crippen LogP contribution in [0.15, 0.2) is 28.8 Å². The monoisotopic (exact) mass is 289 g/mol. The molecule has 2 heterocycles. The molecule has 20 heavy (non-hydrogen) atoms. The van der Waals surface area contributed by atoms with E-state index >= 15 is 0 Å². The lowest BCUT2D eigenvalue weighted by Crippen LogP contribution is -2.04. The van der Waals surface area contributed by atoms with E-state index in [1.165, 1.54) is 30.6 Å². The van der Waals surface area contributed by atoms with Gasteiger partial charge < -0.3 is 10.3 Å². The molecule has 1 saturated heterocycles. The molecule has 1 aromatic heterocycles. The van der Waals surface area contributed by atoms with Crippen molar-refractivity contribution in [2.24, 2.45) is 0 Å². The van der Waals surface area contributed by atoms with E-state index in [-0.39, 0.29) is 0 Å². The second-order valence-corrected chi connectivity index (χ2v) is 6.45. The van der Waals surface area contributed by atoms with Crippen LogP contribution < -0.4 is 5.73 Å². The minimum Gasteiger partial charge on any atom is -0.399 e. The first kappa shape index (κ1) is 13.5. The summed E-state index contributed by atoms with van der Waals surface area (Å²) in [7, 11) is 0. The minimum absolute atomic E-state index is 0.428. The van der Waals surface area contributed by atoms with E-state index in [1.807, 2.05) is 36.0 Å². The molecule has 0 spiro atoms. The van der Waals surface area contributed by atoms with Crippen LogP contribution in [-0.4, -0.2) is 15.9 Å². The summed E-state index contributed by atoms with van der Waals surface area (Å²) in [5, 5.41) is 4.57. The second kappa shape index (κ2) is 6.31. The average Bonchev–Trinajstić information content (AvgIpc) is 2.97. The predicted molar refractivity (Wildman–Crippen MR) is 81.6 cm³/mol. The molecule has 1 fully saturated rings. The van der Waals surface area contributed by atoms with Crippen LogP contribution in [0.4, 0.5) is 5.69 Å². The van der Waals surface area contributed by atoms with E-state index in [9.17, 15) is 0 Å². The van der Waals surface area contributed by atoms with E-state index in [1.54, 1.807) is 0 Å². The van der Waals surface area contributed by atoms with Crippen LogP contribution in [0.5, 0.6) is 0 Å². The Morgan fingerprint density at radius 3 is 2.80 bits per heavy atom. The van der Waals surface area contributed by atoms with Gasteiger partial charge >= 0.3 is 0 Å². The van der Waals surface area contributed by atoms with Crippen LogP contribution in [0.25, 0.3) is 0 Å². The Kier molecular flexibility index (Phi) is 4.25. The molecule has 1 atom stereocenters. The SMILES string of the molecule is Nc1ccc(CCc2nc(C3CCCCS3)no2)cc1. The van der Waals surface area contributed by atoms with Gasteiger partial charge in [0.05, 0.1) is 5.25 Å². The molecule has 1 aliphatic heterocycles. The summed E-state index contributed by atoms with van der Waals surface area (Å²) < 4.78 is 5.36. The Balaban J connectivity index is 1.58. The highest BCUT2D eigenvalue weighted by molar-refractivity contribution is 7.99. The van der Waals surface area contributed by atoms with Gasteiger partial charge in [-0.3, -0.25) is 0 Å². The summed E-state index contributed by atoms with van der Waals surface area (Å²) >= 11 is 1.95. The average molecular weight is 289 g/mol. The molecule has 0 saturated carbocycles. The van der Waals surface area contributed by atoms with Crippen LogP contribution in [0.1, 0.15) is 41.8 Å². The molecule has 106 valence electrons. The van der Waals surface area contributed by atoms with Crippen molar-refractivity contribution in [1.82, 2.24) is 10.1 Å². The summed E-state index contributed by atoms with van der Waals surface area (Å²) in [5.74, 6) is 2.82. The third kappa shape index (κ3) is 3.33. The molecule has 1 aliphatic rings. The molecular weight excluding hydrogens is 270 g/mol. The lowest BCUT2D eigenvalue weighted by molar-refractivity contribution is 0.372. The number of benzene rings is 1. The van der Waals surface area contributed by atoms with Gasteiger partial charge in [0.15, 0.2) is 5.82 Å². The molecule has 1 aromatic carbocycles. The number of aryl methyl sites for hydroxylation is 2.